The van der Waals surface area contributed by atoms with Gasteiger partial charge in [-0.25, -0.2) is 0 Å². The van der Waals surface area contributed by atoms with Gasteiger partial charge in [-0.1, -0.05) is 42.5 Å². The van der Waals surface area contributed by atoms with Gasteiger partial charge in [-0.3, -0.25) is 0 Å². The van der Waals surface area contributed by atoms with E-state index in [1.165, 1.54) is 18.4 Å². The molecule has 0 atom stereocenters. The number of rotatable bonds is 5. The topological polar surface area (TPSA) is 29.5 Å². The normalized spacial score (nSPS) is 14.4. The van der Waals surface area contributed by atoms with Crippen LogP contribution in [-0.2, 0) is 13.2 Å². The number of ether oxygens (including phenoxy) is 1. The van der Waals surface area contributed by atoms with E-state index in [1.54, 1.807) is 0 Å². The zero-order chi connectivity index (χ0) is 13.1. The Morgan fingerprint density at radius 3 is 2.53 bits per heavy atom. The van der Waals surface area contributed by atoms with Crippen LogP contribution in [-0.4, -0.2) is 5.11 Å². The molecule has 0 saturated heterocycles. The largest absolute Gasteiger partial charge is 0.489 e. The lowest BCUT2D eigenvalue weighted by molar-refractivity contribution is 0.259. The lowest BCUT2D eigenvalue weighted by atomic mass is 10.1. The standard InChI is InChI=1S/C17H18O2/c18-11-16-9-8-15(14-6-7-14)10-17(16)19-12-13-4-2-1-3-5-13/h1-5,8-10,14,18H,6-7,11-12H2. The summed E-state index contributed by atoms with van der Waals surface area (Å²) in [5, 5.41) is 9.38. The fraction of sp³-hybridized carbons (Fsp3) is 0.294. The van der Waals surface area contributed by atoms with Crippen LogP contribution in [0.1, 0.15) is 35.4 Å². The summed E-state index contributed by atoms with van der Waals surface area (Å²) in [5.41, 5.74) is 3.34. The van der Waals surface area contributed by atoms with E-state index in [1.807, 2.05) is 36.4 Å². The van der Waals surface area contributed by atoms with Gasteiger partial charge in [0.1, 0.15) is 12.4 Å². The highest BCUT2D eigenvalue weighted by Crippen LogP contribution is 2.41. The third kappa shape index (κ3) is 2.96. The summed E-state index contributed by atoms with van der Waals surface area (Å²) in [5.74, 6) is 1.52. The van der Waals surface area contributed by atoms with Crippen molar-refractivity contribution in [1.29, 1.82) is 0 Å². The number of aliphatic hydroxyl groups excluding tert-OH is 1. The summed E-state index contributed by atoms with van der Waals surface area (Å²) in [4.78, 5) is 0. The van der Waals surface area contributed by atoms with Crippen LogP contribution in [0.2, 0.25) is 0 Å². The molecule has 1 saturated carbocycles. The van der Waals surface area contributed by atoms with Crippen molar-refractivity contribution in [2.45, 2.75) is 32.0 Å². The molecule has 2 aromatic carbocycles. The average Bonchev–Trinajstić information content (AvgIpc) is 3.30. The molecule has 0 spiro atoms. The molecule has 1 fully saturated rings. The van der Waals surface area contributed by atoms with Gasteiger partial charge in [0.2, 0.25) is 0 Å². The zero-order valence-electron chi connectivity index (χ0n) is 10.9. The van der Waals surface area contributed by atoms with Gasteiger partial charge in [0.15, 0.2) is 0 Å². The fourth-order valence-electron chi connectivity index (χ4n) is 2.24. The SMILES string of the molecule is OCc1ccc(C2CC2)cc1OCc1ccccc1. The van der Waals surface area contributed by atoms with Crippen LogP contribution in [0.5, 0.6) is 5.75 Å². The van der Waals surface area contributed by atoms with Crippen LogP contribution in [0, 0.1) is 0 Å². The molecule has 1 aliphatic carbocycles. The van der Waals surface area contributed by atoms with Gasteiger partial charge >= 0.3 is 0 Å². The van der Waals surface area contributed by atoms with Crippen molar-refractivity contribution in [3.05, 3.63) is 65.2 Å². The van der Waals surface area contributed by atoms with Gasteiger partial charge in [-0.2, -0.15) is 0 Å². The summed E-state index contributed by atoms with van der Waals surface area (Å²) in [6.45, 7) is 0.566. The van der Waals surface area contributed by atoms with Gasteiger partial charge in [0.05, 0.1) is 6.61 Å². The second kappa shape index (κ2) is 5.45. The number of aliphatic hydroxyl groups is 1. The highest BCUT2D eigenvalue weighted by Gasteiger charge is 2.24. The third-order valence-corrected chi connectivity index (χ3v) is 3.55. The van der Waals surface area contributed by atoms with Crippen LogP contribution in [0.3, 0.4) is 0 Å². The van der Waals surface area contributed by atoms with Gasteiger partial charge in [-0.05, 0) is 36.0 Å². The minimum absolute atomic E-state index is 0.0229. The van der Waals surface area contributed by atoms with Crippen LogP contribution < -0.4 is 4.74 Å². The maximum Gasteiger partial charge on any atom is 0.125 e. The van der Waals surface area contributed by atoms with Crippen molar-refractivity contribution in [1.82, 2.24) is 0 Å². The maximum absolute atomic E-state index is 9.38. The molecule has 1 N–H and O–H groups in total. The molecule has 2 nitrogen and oxygen atoms in total. The molecule has 1 aliphatic rings. The molecule has 0 radical (unpaired) electrons. The first kappa shape index (κ1) is 12.2. The lowest BCUT2D eigenvalue weighted by Crippen LogP contribution is -1.99. The van der Waals surface area contributed by atoms with Crippen LogP contribution in [0.4, 0.5) is 0 Å². The number of benzene rings is 2. The van der Waals surface area contributed by atoms with E-state index in [0.29, 0.717) is 12.5 Å². The van der Waals surface area contributed by atoms with Crippen molar-refractivity contribution < 1.29 is 9.84 Å². The Hall–Kier alpha value is -1.80. The lowest BCUT2D eigenvalue weighted by Gasteiger charge is -2.12. The van der Waals surface area contributed by atoms with Crippen LogP contribution >= 0.6 is 0 Å². The monoisotopic (exact) mass is 254 g/mol. The van der Waals surface area contributed by atoms with Crippen molar-refractivity contribution in [3.63, 3.8) is 0 Å². The predicted octanol–water partition coefficient (Wildman–Crippen LogP) is 3.64. The predicted molar refractivity (Wildman–Crippen MR) is 75.1 cm³/mol. The Morgan fingerprint density at radius 1 is 1.05 bits per heavy atom. The minimum Gasteiger partial charge on any atom is -0.489 e. The fourth-order valence-corrected chi connectivity index (χ4v) is 2.24. The zero-order valence-corrected chi connectivity index (χ0v) is 10.9. The van der Waals surface area contributed by atoms with E-state index in [0.717, 1.165) is 16.9 Å². The highest BCUT2D eigenvalue weighted by atomic mass is 16.5. The molecule has 0 heterocycles. The third-order valence-electron chi connectivity index (χ3n) is 3.55. The van der Waals surface area contributed by atoms with Crippen LogP contribution in [0.25, 0.3) is 0 Å². The average molecular weight is 254 g/mol. The van der Waals surface area contributed by atoms with E-state index in [-0.39, 0.29) is 6.61 Å². The molecule has 0 amide bonds. The summed E-state index contributed by atoms with van der Waals surface area (Å²) >= 11 is 0. The van der Waals surface area contributed by atoms with E-state index < -0.39 is 0 Å². The first-order chi connectivity index (χ1) is 9.36. The van der Waals surface area contributed by atoms with Crippen molar-refractivity contribution >= 4 is 0 Å². The molecule has 2 heteroatoms. The van der Waals surface area contributed by atoms with Crippen LogP contribution in [0.15, 0.2) is 48.5 Å². The van der Waals surface area contributed by atoms with E-state index in [4.69, 9.17) is 4.74 Å². The van der Waals surface area contributed by atoms with Gasteiger partial charge in [0.25, 0.3) is 0 Å². The number of hydrogen-bond acceptors (Lipinski definition) is 2. The first-order valence-electron chi connectivity index (χ1n) is 6.77. The Morgan fingerprint density at radius 2 is 1.84 bits per heavy atom. The van der Waals surface area contributed by atoms with E-state index in [2.05, 4.69) is 12.1 Å². The molecule has 3 rings (SSSR count). The summed E-state index contributed by atoms with van der Waals surface area (Å²) < 4.78 is 5.87. The van der Waals surface area contributed by atoms with Crippen molar-refractivity contribution in [2.24, 2.45) is 0 Å². The van der Waals surface area contributed by atoms with Crippen molar-refractivity contribution in [2.75, 3.05) is 0 Å². The molecule has 2 aromatic rings. The second-order valence-electron chi connectivity index (χ2n) is 5.07. The minimum atomic E-state index is 0.0229. The Balaban J connectivity index is 1.76. The quantitative estimate of drug-likeness (QED) is 0.882. The van der Waals surface area contributed by atoms with E-state index >= 15 is 0 Å². The summed E-state index contributed by atoms with van der Waals surface area (Å²) in [6.07, 6.45) is 2.55. The molecule has 0 aromatic heterocycles. The Kier molecular flexibility index (Phi) is 3.51. The maximum atomic E-state index is 9.38. The Bertz CT molecular complexity index is 544. The molecule has 0 aliphatic heterocycles. The number of hydrogen-bond donors (Lipinski definition) is 1. The molecule has 19 heavy (non-hydrogen) atoms. The van der Waals surface area contributed by atoms with Gasteiger partial charge < -0.3 is 9.84 Å². The molecule has 0 unspecified atom stereocenters. The molecular formula is C17H18O2. The van der Waals surface area contributed by atoms with Crippen molar-refractivity contribution in [3.8, 4) is 5.75 Å². The highest BCUT2D eigenvalue weighted by molar-refractivity contribution is 5.40. The van der Waals surface area contributed by atoms with Gasteiger partial charge in [0, 0.05) is 5.56 Å². The molecule has 98 valence electrons. The smallest absolute Gasteiger partial charge is 0.125 e. The van der Waals surface area contributed by atoms with Gasteiger partial charge in [-0.15, -0.1) is 0 Å². The van der Waals surface area contributed by atoms with E-state index in [9.17, 15) is 5.11 Å². The first-order valence-corrected chi connectivity index (χ1v) is 6.77. The Labute approximate surface area is 113 Å². The molecule has 0 bridgehead atoms. The summed E-state index contributed by atoms with van der Waals surface area (Å²) in [7, 11) is 0. The second-order valence-corrected chi connectivity index (χ2v) is 5.07. The summed E-state index contributed by atoms with van der Waals surface area (Å²) in [6, 6.07) is 16.3. The molecular weight excluding hydrogens is 236 g/mol.